The summed E-state index contributed by atoms with van der Waals surface area (Å²) < 4.78 is 51.0. The molecule has 1 amide bonds. The maximum atomic E-state index is 13.3. The maximum absolute atomic E-state index is 13.3. The van der Waals surface area contributed by atoms with Crippen molar-refractivity contribution in [2.45, 2.75) is 12.8 Å². The van der Waals surface area contributed by atoms with Crippen molar-refractivity contribution in [2.75, 3.05) is 12.4 Å². The highest BCUT2D eigenvalue weighted by molar-refractivity contribution is 6.35. The van der Waals surface area contributed by atoms with Gasteiger partial charge in [-0.15, -0.1) is 0 Å². The quantitative estimate of drug-likeness (QED) is 0.265. The van der Waals surface area contributed by atoms with Gasteiger partial charge in [-0.1, -0.05) is 53.5 Å². The lowest BCUT2D eigenvalue weighted by atomic mass is 10.1. The fraction of sp³-hybridized carbons (Fsp3) is 0.120. The second-order valence-corrected chi connectivity index (χ2v) is 7.91. The van der Waals surface area contributed by atoms with Gasteiger partial charge in [-0.05, 0) is 36.4 Å². The summed E-state index contributed by atoms with van der Waals surface area (Å²) in [7, 11) is 1.41. The number of carbonyl (C=O) groups is 1. The Bertz CT molecular complexity index is 1320. The van der Waals surface area contributed by atoms with E-state index in [2.05, 4.69) is 5.32 Å². The van der Waals surface area contributed by atoms with Gasteiger partial charge in [-0.25, -0.2) is 0 Å². The van der Waals surface area contributed by atoms with E-state index in [4.69, 9.17) is 32.7 Å². The summed E-state index contributed by atoms with van der Waals surface area (Å²) in [5.41, 5.74) is -1.02. The zero-order valence-corrected chi connectivity index (χ0v) is 19.6. The molecule has 0 aliphatic carbocycles. The van der Waals surface area contributed by atoms with Gasteiger partial charge in [0.25, 0.3) is 5.91 Å². The van der Waals surface area contributed by atoms with Crippen molar-refractivity contribution < 1.29 is 27.4 Å². The molecule has 0 radical (unpaired) electrons. The molecule has 0 aliphatic heterocycles. The Morgan fingerprint density at radius 2 is 1.86 bits per heavy atom. The van der Waals surface area contributed by atoms with Crippen LogP contribution in [0.4, 0.5) is 18.9 Å². The van der Waals surface area contributed by atoms with Gasteiger partial charge >= 0.3 is 6.18 Å². The van der Waals surface area contributed by atoms with Gasteiger partial charge in [0.1, 0.15) is 18.2 Å². The normalized spacial score (nSPS) is 11.5. The molecule has 0 saturated heterocycles. The molecule has 0 aromatic heterocycles. The molecule has 3 rings (SSSR count). The highest BCUT2D eigenvalue weighted by Gasteiger charge is 2.33. The Morgan fingerprint density at radius 1 is 1.11 bits per heavy atom. The van der Waals surface area contributed by atoms with Gasteiger partial charge in [0, 0.05) is 21.2 Å². The van der Waals surface area contributed by atoms with Gasteiger partial charge in [-0.2, -0.15) is 18.4 Å². The molecule has 3 aromatic carbocycles. The van der Waals surface area contributed by atoms with Crippen LogP contribution in [0.25, 0.3) is 6.08 Å². The minimum Gasteiger partial charge on any atom is -0.493 e. The van der Waals surface area contributed by atoms with E-state index < -0.39 is 28.9 Å². The van der Waals surface area contributed by atoms with Crippen molar-refractivity contribution in [3.8, 4) is 17.6 Å². The van der Waals surface area contributed by atoms with Crippen LogP contribution in [-0.4, -0.2) is 13.0 Å². The van der Waals surface area contributed by atoms with E-state index in [0.29, 0.717) is 26.9 Å². The van der Waals surface area contributed by atoms with E-state index >= 15 is 0 Å². The number of hydrogen-bond acceptors (Lipinski definition) is 4. The van der Waals surface area contributed by atoms with Crippen molar-refractivity contribution in [3.63, 3.8) is 0 Å². The topological polar surface area (TPSA) is 71.3 Å². The number of anilines is 1. The molecule has 0 bridgehead atoms. The standard InChI is InChI=1S/C25H17Cl2F3N2O3/c1-34-22-8-4-5-15(23(22)35-14-16-9-10-18(26)12-20(16)27)11-17(13-31)24(33)32-21-7-3-2-6-19(21)25(28,29)30/h2-12H,14H2,1H3,(H,32,33)/b17-11-. The van der Waals surface area contributed by atoms with Crippen LogP contribution in [0.1, 0.15) is 16.7 Å². The highest BCUT2D eigenvalue weighted by atomic mass is 35.5. The Kier molecular flexibility index (Phi) is 8.28. The van der Waals surface area contributed by atoms with Gasteiger partial charge in [0.05, 0.1) is 18.4 Å². The van der Waals surface area contributed by atoms with Crippen molar-refractivity contribution in [2.24, 2.45) is 0 Å². The number of nitrogens with one attached hydrogen (secondary N) is 1. The van der Waals surface area contributed by atoms with Gasteiger partial charge in [0.15, 0.2) is 11.5 Å². The highest BCUT2D eigenvalue weighted by Crippen LogP contribution is 2.36. The molecular formula is C25H17Cl2F3N2O3. The molecule has 0 fully saturated rings. The monoisotopic (exact) mass is 520 g/mol. The first-order chi connectivity index (χ1) is 16.6. The third-order valence-corrected chi connectivity index (χ3v) is 5.35. The summed E-state index contributed by atoms with van der Waals surface area (Å²) in [4.78, 5) is 12.7. The first kappa shape index (κ1) is 25.9. The summed E-state index contributed by atoms with van der Waals surface area (Å²) >= 11 is 12.1. The Morgan fingerprint density at radius 3 is 2.51 bits per heavy atom. The van der Waals surface area contributed by atoms with E-state index in [0.717, 1.165) is 12.1 Å². The number of alkyl halides is 3. The number of carbonyl (C=O) groups excluding carboxylic acids is 1. The summed E-state index contributed by atoms with van der Waals surface area (Å²) in [6.45, 7) is 0.0181. The molecule has 0 unspecified atom stereocenters. The molecule has 0 spiro atoms. The van der Waals surface area contributed by atoms with E-state index in [1.165, 1.54) is 25.3 Å². The minimum atomic E-state index is -4.68. The maximum Gasteiger partial charge on any atom is 0.418 e. The van der Waals surface area contributed by atoms with Crippen LogP contribution in [0.15, 0.2) is 66.2 Å². The number of rotatable bonds is 7. The van der Waals surface area contributed by atoms with Crippen molar-refractivity contribution in [3.05, 3.63) is 93.0 Å². The molecule has 1 N–H and O–H groups in total. The third kappa shape index (κ3) is 6.47. The molecular weight excluding hydrogens is 504 g/mol. The second kappa shape index (κ2) is 11.2. The van der Waals surface area contributed by atoms with Crippen LogP contribution in [0.2, 0.25) is 10.0 Å². The average Bonchev–Trinajstić information content (AvgIpc) is 2.81. The number of benzene rings is 3. The first-order valence-electron chi connectivity index (χ1n) is 9.97. The number of nitriles is 1. The lowest BCUT2D eigenvalue weighted by molar-refractivity contribution is -0.137. The third-order valence-electron chi connectivity index (χ3n) is 4.76. The number of ether oxygens (including phenoxy) is 2. The number of para-hydroxylation sites is 2. The van der Waals surface area contributed by atoms with E-state index in [1.54, 1.807) is 42.5 Å². The van der Waals surface area contributed by atoms with Gasteiger partial charge < -0.3 is 14.8 Å². The fourth-order valence-electron chi connectivity index (χ4n) is 3.08. The molecule has 35 heavy (non-hydrogen) atoms. The van der Waals surface area contributed by atoms with Crippen LogP contribution in [0.5, 0.6) is 11.5 Å². The second-order valence-electron chi connectivity index (χ2n) is 7.07. The molecule has 5 nitrogen and oxygen atoms in total. The summed E-state index contributed by atoms with van der Waals surface area (Å²) in [6, 6.07) is 15.9. The van der Waals surface area contributed by atoms with Gasteiger partial charge in [-0.3, -0.25) is 4.79 Å². The Labute approximate surface area is 209 Å². The van der Waals surface area contributed by atoms with E-state index in [9.17, 15) is 23.2 Å². The minimum absolute atomic E-state index is 0.0181. The molecule has 0 heterocycles. The molecule has 3 aromatic rings. The van der Waals surface area contributed by atoms with Crippen molar-refractivity contribution >= 4 is 40.9 Å². The predicted octanol–water partition coefficient (Wildman–Crippen LogP) is 7.15. The molecule has 180 valence electrons. The first-order valence-corrected chi connectivity index (χ1v) is 10.7. The smallest absolute Gasteiger partial charge is 0.418 e. The Hall–Kier alpha value is -3.67. The van der Waals surface area contributed by atoms with Crippen LogP contribution < -0.4 is 14.8 Å². The lowest BCUT2D eigenvalue weighted by Crippen LogP contribution is -2.17. The van der Waals surface area contributed by atoms with Crippen LogP contribution in [-0.2, 0) is 17.6 Å². The number of methoxy groups -OCH3 is 1. The SMILES string of the molecule is COc1cccc(/C=C(/C#N)C(=O)Nc2ccccc2C(F)(F)F)c1OCc1ccc(Cl)cc1Cl. The van der Waals surface area contributed by atoms with Crippen LogP contribution in [0.3, 0.4) is 0 Å². The number of nitrogens with zero attached hydrogens (tertiary/aromatic N) is 1. The molecule has 0 aliphatic rings. The van der Waals surface area contributed by atoms with Crippen LogP contribution in [0, 0.1) is 11.3 Å². The van der Waals surface area contributed by atoms with Crippen molar-refractivity contribution in [1.82, 2.24) is 0 Å². The predicted molar refractivity (Wildman–Crippen MR) is 127 cm³/mol. The zero-order chi connectivity index (χ0) is 25.6. The fourth-order valence-corrected chi connectivity index (χ4v) is 3.55. The summed E-state index contributed by atoms with van der Waals surface area (Å²) in [5, 5.41) is 12.5. The molecule has 10 heteroatoms. The molecule has 0 saturated carbocycles. The van der Waals surface area contributed by atoms with E-state index in [1.807, 2.05) is 0 Å². The van der Waals surface area contributed by atoms with Gasteiger partial charge in [0.2, 0.25) is 0 Å². The molecule has 0 atom stereocenters. The largest absolute Gasteiger partial charge is 0.493 e. The number of amides is 1. The Balaban J connectivity index is 1.92. The van der Waals surface area contributed by atoms with Crippen LogP contribution >= 0.6 is 23.2 Å². The lowest BCUT2D eigenvalue weighted by Gasteiger charge is -2.15. The average molecular weight is 521 g/mol. The summed E-state index contributed by atoms with van der Waals surface area (Å²) in [6.07, 6.45) is -3.48. The summed E-state index contributed by atoms with van der Waals surface area (Å²) in [5.74, 6) is -0.500. The van der Waals surface area contributed by atoms with E-state index in [-0.39, 0.29) is 12.4 Å². The van der Waals surface area contributed by atoms with Crippen molar-refractivity contribution in [1.29, 1.82) is 5.26 Å². The zero-order valence-electron chi connectivity index (χ0n) is 18.1. The number of hydrogen-bond donors (Lipinski definition) is 1. The number of halogens is 5.